The Morgan fingerprint density at radius 2 is 2.29 bits per heavy atom. The van der Waals surface area contributed by atoms with Crippen molar-refractivity contribution >= 4 is 32.8 Å². The minimum Gasteiger partial charge on any atom is -0.338 e. The number of nitrogens with zero attached hydrogens (tertiary/aromatic N) is 3. The van der Waals surface area contributed by atoms with Crippen LogP contribution in [0.1, 0.15) is 6.42 Å². The molecule has 0 aliphatic carbocycles. The molecule has 3 nitrogen and oxygen atoms in total. The second-order valence-electron chi connectivity index (χ2n) is 4.21. The Morgan fingerprint density at radius 3 is 3.06 bits per heavy atom. The number of halogens is 2. The summed E-state index contributed by atoms with van der Waals surface area (Å²) >= 11 is 3.41. The SMILES string of the molecule is FC1CCN(c2ncc3cc(Br)ccc3n2)C1. The molecule has 1 aromatic heterocycles. The highest BCUT2D eigenvalue weighted by atomic mass is 79.9. The average molecular weight is 296 g/mol. The van der Waals surface area contributed by atoms with Gasteiger partial charge in [-0.2, -0.15) is 0 Å². The summed E-state index contributed by atoms with van der Waals surface area (Å²) in [4.78, 5) is 10.6. The molecule has 3 rings (SSSR count). The van der Waals surface area contributed by atoms with Crippen LogP contribution in [0.4, 0.5) is 10.3 Å². The zero-order valence-electron chi connectivity index (χ0n) is 9.11. The summed E-state index contributed by atoms with van der Waals surface area (Å²) in [6.07, 6.45) is 1.61. The molecule has 0 N–H and O–H groups in total. The number of hydrogen-bond acceptors (Lipinski definition) is 3. The molecule has 2 aromatic rings. The lowest BCUT2D eigenvalue weighted by Crippen LogP contribution is -2.22. The van der Waals surface area contributed by atoms with Crippen LogP contribution in [0.5, 0.6) is 0 Å². The lowest BCUT2D eigenvalue weighted by Gasteiger charge is -2.14. The van der Waals surface area contributed by atoms with Crippen LogP contribution in [0, 0.1) is 0 Å². The number of fused-ring (bicyclic) bond motifs is 1. The summed E-state index contributed by atoms with van der Waals surface area (Å²) in [5, 5.41) is 0.985. The monoisotopic (exact) mass is 295 g/mol. The van der Waals surface area contributed by atoms with Gasteiger partial charge in [0.1, 0.15) is 6.17 Å². The third-order valence-corrected chi connectivity index (χ3v) is 3.44. The van der Waals surface area contributed by atoms with Crippen molar-refractivity contribution in [3.8, 4) is 0 Å². The molecule has 0 saturated carbocycles. The molecule has 0 amide bonds. The molecule has 0 bridgehead atoms. The minimum atomic E-state index is -0.751. The third-order valence-electron chi connectivity index (χ3n) is 2.94. The number of alkyl halides is 1. The zero-order valence-corrected chi connectivity index (χ0v) is 10.7. The van der Waals surface area contributed by atoms with Crippen molar-refractivity contribution in [2.45, 2.75) is 12.6 Å². The molecule has 1 aromatic carbocycles. The van der Waals surface area contributed by atoms with Crippen LogP contribution in [0.25, 0.3) is 10.9 Å². The highest BCUT2D eigenvalue weighted by molar-refractivity contribution is 9.10. The Labute approximate surface area is 107 Å². The summed E-state index contributed by atoms with van der Waals surface area (Å²) in [6.45, 7) is 1.10. The van der Waals surface area contributed by atoms with Crippen LogP contribution in [0.15, 0.2) is 28.9 Å². The number of rotatable bonds is 1. The van der Waals surface area contributed by atoms with Gasteiger partial charge in [0.2, 0.25) is 5.95 Å². The van der Waals surface area contributed by atoms with E-state index in [-0.39, 0.29) is 0 Å². The average Bonchev–Trinajstić information content (AvgIpc) is 2.75. The molecule has 1 saturated heterocycles. The van der Waals surface area contributed by atoms with Gasteiger partial charge >= 0.3 is 0 Å². The fraction of sp³-hybridized carbons (Fsp3) is 0.333. The van der Waals surface area contributed by atoms with E-state index >= 15 is 0 Å². The molecule has 0 radical (unpaired) electrons. The van der Waals surface area contributed by atoms with Crippen molar-refractivity contribution in [3.05, 3.63) is 28.9 Å². The van der Waals surface area contributed by atoms with Crippen molar-refractivity contribution in [2.75, 3.05) is 18.0 Å². The van der Waals surface area contributed by atoms with Gasteiger partial charge in [0, 0.05) is 22.6 Å². The van der Waals surface area contributed by atoms with Crippen LogP contribution in [-0.2, 0) is 0 Å². The van der Waals surface area contributed by atoms with Crippen molar-refractivity contribution in [3.63, 3.8) is 0 Å². The van der Waals surface area contributed by atoms with Gasteiger partial charge < -0.3 is 4.90 Å². The highest BCUT2D eigenvalue weighted by Gasteiger charge is 2.23. The highest BCUT2D eigenvalue weighted by Crippen LogP contribution is 2.22. The minimum absolute atomic E-state index is 0.405. The van der Waals surface area contributed by atoms with Crippen LogP contribution >= 0.6 is 15.9 Å². The first-order valence-corrected chi connectivity index (χ1v) is 6.33. The van der Waals surface area contributed by atoms with E-state index in [1.807, 2.05) is 23.1 Å². The smallest absolute Gasteiger partial charge is 0.225 e. The van der Waals surface area contributed by atoms with E-state index in [0.717, 1.165) is 15.4 Å². The second-order valence-corrected chi connectivity index (χ2v) is 5.12. The Bertz CT molecular complexity index is 560. The number of hydrogen-bond donors (Lipinski definition) is 0. The summed E-state index contributed by atoms with van der Waals surface area (Å²) in [5.74, 6) is 0.625. The van der Waals surface area contributed by atoms with Gasteiger partial charge in [-0.1, -0.05) is 15.9 Å². The van der Waals surface area contributed by atoms with E-state index < -0.39 is 6.17 Å². The molecule has 1 fully saturated rings. The summed E-state index contributed by atoms with van der Waals surface area (Å²) in [6, 6.07) is 5.86. The molecular formula is C12H11BrFN3. The zero-order chi connectivity index (χ0) is 11.8. The van der Waals surface area contributed by atoms with Crippen molar-refractivity contribution in [1.29, 1.82) is 0 Å². The fourth-order valence-corrected chi connectivity index (χ4v) is 2.42. The molecule has 1 aliphatic rings. The van der Waals surface area contributed by atoms with Crippen molar-refractivity contribution in [1.82, 2.24) is 9.97 Å². The van der Waals surface area contributed by atoms with E-state index in [2.05, 4.69) is 25.9 Å². The van der Waals surface area contributed by atoms with Gasteiger partial charge in [-0.05, 0) is 24.6 Å². The number of anilines is 1. The maximum absolute atomic E-state index is 13.1. The van der Waals surface area contributed by atoms with Gasteiger partial charge in [0.25, 0.3) is 0 Å². The quantitative estimate of drug-likeness (QED) is 0.810. The Kier molecular flexibility index (Phi) is 2.70. The van der Waals surface area contributed by atoms with Gasteiger partial charge in [-0.25, -0.2) is 14.4 Å². The lowest BCUT2D eigenvalue weighted by atomic mass is 10.2. The first-order valence-electron chi connectivity index (χ1n) is 5.54. The van der Waals surface area contributed by atoms with E-state index in [0.29, 0.717) is 25.5 Å². The van der Waals surface area contributed by atoms with Crippen LogP contribution in [-0.4, -0.2) is 29.2 Å². The summed E-state index contributed by atoms with van der Waals surface area (Å²) < 4.78 is 14.1. The van der Waals surface area contributed by atoms with Gasteiger partial charge in [0.15, 0.2) is 0 Å². The van der Waals surface area contributed by atoms with Crippen molar-refractivity contribution in [2.24, 2.45) is 0 Å². The van der Waals surface area contributed by atoms with E-state index in [1.54, 1.807) is 6.20 Å². The predicted molar refractivity (Wildman–Crippen MR) is 69.0 cm³/mol. The van der Waals surface area contributed by atoms with Crippen molar-refractivity contribution < 1.29 is 4.39 Å². The maximum Gasteiger partial charge on any atom is 0.225 e. The first-order chi connectivity index (χ1) is 8.22. The van der Waals surface area contributed by atoms with E-state index in [4.69, 9.17) is 0 Å². The molecule has 88 valence electrons. The largest absolute Gasteiger partial charge is 0.338 e. The van der Waals surface area contributed by atoms with E-state index in [1.165, 1.54) is 0 Å². The second kappa shape index (κ2) is 4.22. The third kappa shape index (κ3) is 2.11. The van der Waals surface area contributed by atoms with Crippen LogP contribution in [0.3, 0.4) is 0 Å². The van der Waals surface area contributed by atoms with Crippen LogP contribution < -0.4 is 4.90 Å². The number of benzene rings is 1. The predicted octanol–water partition coefficient (Wildman–Crippen LogP) is 2.94. The van der Waals surface area contributed by atoms with Gasteiger partial charge in [-0.3, -0.25) is 0 Å². The number of aromatic nitrogens is 2. The summed E-state index contributed by atoms with van der Waals surface area (Å²) in [7, 11) is 0. The lowest BCUT2D eigenvalue weighted by molar-refractivity contribution is 0.364. The van der Waals surface area contributed by atoms with E-state index in [9.17, 15) is 4.39 Å². The Balaban J connectivity index is 1.99. The molecule has 0 spiro atoms. The molecular weight excluding hydrogens is 285 g/mol. The Morgan fingerprint density at radius 1 is 1.41 bits per heavy atom. The molecule has 17 heavy (non-hydrogen) atoms. The van der Waals surface area contributed by atoms with Crippen LogP contribution in [0.2, 0.25) is 0 Å². The molecule has 1 unspecified atom stereocenters. The standard InChI is InChI=1S/C12H11BrFN3/c13-9-1-2-11-8(5-9)6-15-12(16-11)17-4-3-10(14)7-17/h1-2,5-6,10H,3-4,7H2. The Hall–Kier alpha value is -1.23. The first kappa shape index (κ1) is 10.9. The summed E-state index contributed by atoms with van der Waals surface area (Å²) in [5.41, 5.74) is 0.889. The topological polar surface area (TPSA) is 29.0 Å². The van der Waals surface area contributed by atoms with Gasteiger partial charge in [-0.15, -0.1) is 0 Å². The maximum atomic E-state index is 13.1. The van der Waals surface area contributed by atoms with Gasteiger partial charge in [0.05, 0.1) is 12.1 Å². The molecule has 1 aliphatic heterocycles. The normalized spacial score (nSPS) is 20.1. The molecule has 2 heterocycles. The molecule has 5 heteroatoms. The molecule has 1 atom stereocenters. The fourth-order valence-electron chi connectivity index (χ4n) is 2.05.